The number of halogens is 1. The van der Waals surface area contributed by atoms with Gasteiger partial charge < -0.3 is 9.64 Å². The van der Waals surface area contributed by atoms with Crippen molar-refractivity contribution in [2.45, 2.75) is 37.4 Å². The number of aromatic amines is 1. The lowest BCUT2D eigenvalue weighted by molar-refractivity contribution is -0.131. The quantitative estimate of drug-likeness (QED) is 0.802. The normalized spacial score (nSPS) is 17.6. The third-order valence-electron chi connectivity index (χ3n) is 4.33. The fourth-order valence-corrected chi connectivity index (χ4v) is 3.83. The van der Waals surface area contributed by atoms with Gasteiger partial charge >= 0.3 is 0 Å². The Balaban J connectivity index is 1.66. The van der Waals surface area contributed by atoms with Crippen molar-refractivity contribution < 1.29 is 9.53 Å². The number of carbonyl (C=O) groups excluding carboxylic acids is 1. The van der Waals surface area contributed by atoms with E-state index in [-0.39, 0.29) is 5.91 Å². The molecule has 1 atom stereocenters. The van der Waals surface area contributed by atoms with E-state index in [1.807, 2.05) is 4.90 Å². The second-order valence-corrected chi connectivity index (χ2v) is 7.41. The number of piperidine rings is 1. The Morgan fingerprint density at radius 2 is 2.32 bits per heavy atom. The summed E-state index contributed by atoms with van der Waals surface area (Å²) in [4.78, 5) is 18.8. The van der Waals surface area contributed by atoms with E-state index >= 15 is 0 Å². The van der Waals surface area contributed by atoms with E-state index in [4.69, 9.17) is 16.3 Å². The van der Waals surface area contributed by atoms with Gasteiger partial charge in [0.2, 0.25) is 11.1 Å². The summed E-state index contributed by atoms with van der Waals surface area (Å²) in [5, 5.41) is 8.21. The highest BCUT2D eigenvalue weighted by Gasteiger charge is 2.23. The molecule has 2 aromatic rings. The monoisotopic (exact) mass is 380 g/mol. The van der Waals surface area contributed by atoms with Gasteiger partial charge in [0.15, 0.2) is 5.82 Å². The fourth-order valence-electron chi connectivity index (χ4n) is 2.97. The predicted molar refractivity (Wildman–Crippen MR) is 99.1 cm³/mol. The number of carbonyl (C=O) groups is 1. The summed E-state index contributed by atoms with van der Waals surface area (Å²) in [7, 11) is 1.59. The van der Waals surface area contributed by atoms with Gasteiger partial charge in [0.25, 0.3) is 0 Å². The molecule has 1 fully saturated rings. The molecule has 3 rings (SSSR count). The van der Waals surface area contributed by atoms with Gasteiger partial charge in [-0.25, -0.2) is 4.98 Å². The molecule has 0 saturated carbocycles. The molecule has 6 nitrogen and oxygen atoms in total. The second kappa shape index (κ2) is 8.10. The molecule has 134 valence electrons. The van der Waals surface area contributed by atoms with Crippen LogP contribution in [0.1, 0.15) is 26.2 Å². The summed E-state index contributed by atoms with van der Waals surface area (Å²) in [5.74, 6) is 1.72. The van der Waals surface area contributed by atoms with Crippen LogP contribution in [0, 0.1) is 0 Å². The summed E-state index contributed by atoms with van der Waals surface area (Å²) >= 11 is 7.40. The lowest BCUT2D eigenvalue weighted by Gasteiger charge is -2.33. The molecule has 25 heavy (non-hydrogen) atoms. The standard InChI is InChI=1S/C17H21ClN4O2S/c1-11-5-3-4-8-22(11)15(23)10-25-17-19-16(20-21-17)13-9-12(18)6-7-14(13)24-2/h6-7,9,11H,3-5,8,10H2,1-2H3,(H,19,20,21). The number of hydrogen-bond acceptors (Lipinski definition) is 5. The lowest BCUT2D eigenvalue weighted by Crippen LogP contribution is -2.42. The zero-order chi connectivity index (χ0) is 17.8. The summed E-state index contributed by atoms with van der Waals surface area (Å²) in [6, 6.07) is 5.64. The molecule has 0 bridgehead atoms. The Labute approximate surface area is 156 Å². The molecule has 0 spiro atoms. The number of benzene rings is 1. The first-order chi connectivity index (χ1) is 12.1. The van der Waals surface area contributed by atoms with E-state index < -0.39 is 0 Å². The first-order valence-electron chi connectivity index (χ1n) is 8.27. The van der Waals surface area contributed by atoms with E-state index in [1.165, 1.54) is 18.2 Å². The van der Waals surface area contributed by atoms with Crippen molar-refractivity contribution in [1.29, 1.82) is 0 Å². The van der Waals surface area contributed by atoms with Crippen molar-refractivity contribution >= 4 is 29.3 Å². The van der Waals surface area contributed by atoms with Crippen molar-refractivity contribution in [3.8, 4) is 17.1 Å². The van der Waals surface area contributed by atoms with Crippen molar-refractivity contribution in [3.05, 3.63) is 23.2 Å². The van der Waals surface area contributed by atoms with Gasteiger partial charge in [-0.05, 0) is 44.4 Å². The maximum Gasteiger partial charge on any atom is 0.233 e. The van der Waals surface area contributed by atoms with Gasteiger partial charge in [-0.1, -0.05) is 23.4 Å². The van der Waals surface area contributed by atoms with Crippen LogP contribution < -0.4 is 4.74 Å². The van der Waals surface area contributed by atoms with Crippen LogP contribution in [0.15, 0.2) is 23.4 Å². The molecule has 0 aliphatic carbocycles. The van der Waals surface area contributed by atoms with Gasteiger partial charge in [0.1, 0.15) is 5.75 Å². The lowest BCUT2D eigenvalue weighted by atomic mass is 10.0. The SMILES string of the molecule is COc1ccc(Cl)cc1-c1nc(SCC(=O)N2CCCCC2C)n[nH]1. The Kier molecular flexibility index (Phi) is 5.86. The molecule has 1 amide bonds. The molecule has 1 N–H and O–H groups in total. The molecule has 1 aromatic heterocycles. The van der Waals surface area contributed by atoms with Crippen molar-refractivity contribution in [2.75, 3.05) is 19.4 Å². The van der Waals surface area contributed by atoms with Crippen LogP contribution >= 0.6 is 23.4 Å². The third kappa shape index (κ3) is 4.27. The number of H-pyrrole nitrogens is 1. The molecule has 0 radical (unpaired) electrons. The zero-order valence-electron chi connectivity index (χ0n) is 14.3. The minimum absolute atomic E-state index is 0.142. The largest absolute Gasteiger partial charge is 0.496 e. The number of methoxy groups -OCH3 is 1. The van der Waals surface area contributed by atoms with Crippen molar-refractivity contribution in [1.82, 2.24) is 20.1 Å². The first-order valence-corrected chi connectivity index (χ1v) is 9.63. The Morgan fingerprint density at radius 3 is 3.08 bits per heavy atom. The van der Waals surface area contributed by atoms with Crippen LogP contribution in [0.5, 0.6) is 5.75 Å². The number of aromatic nitrogens is 3. The summed E-state index contributed by atoms with van der Waals surface area (Å²) in [6.45, 7) is 2.96. The first kappa shape index (κ1) is 18.1. The van der Waals surface area contributed by atoms with E-state index in [9.17, 15) is 4.79 Å². The minimum atomic E-state index is 0.142. The van der Waals surface area contributed by atoms with E-state index in [2.05, 4.69) is 22.1 Å². The molecule has 1 aromatic carbocycles. The topological polar surface area (TPSA) is 71.1 Å². The maximum atomic E-state index is 12.4. The van der Waals surface area contributed by atoms with Gasteiger partial charge in [-0.3, -0.25) is 9.89 Å². The number of likely N-dealkylation sites (tertiary alicyclic amines) is 1. The van der Waals surface area contributed by atoms with Crippen LogP contribution in [0.25, 0.3) is 11.4 Å². The van der Waals surface area contributed by atoms with Crippen molar-refractivity contribution in [3.63, 3.8) is 0 Å². The predicted octanol–water partition coefficient (Wildman–Crippen LogP) is 3.63. The fraction of sp³-hybridized carbons (Fsp3) is 0.471. The van der Waals surface area contributed by atoms with Crippen LogP contribution in [0.4, 0.5) is 0 Å². The number of amides is 1. The summed E-state index contributed by atoms with van der Waals surface area (Å²) < 4.78 is 5.34. The molecule has 2 heterocycles. The smallest absolute Gasteiger partial charge is 0.233 e. The number of nitrogens with one attached hydrogen (secondary N) is 1. The van der Waals surface area contributed by atoms with Crippen LogP contribution in [-0.4, -0.2) is 51.4 Å². The second-order valence-electron chi connectivity index (χ2n) is 6.03. The highest BCUT2D eigenvalue weighted by molar-refractivity contribution is 7.99. The Bertz CT molecular complexity index is 752. The molecule has 1 unspecified atom stereocenters. The van der Waals surface area contributed by atoms with Gasteiger partial charge in [0, 0.05) is 17.6 Å². The molecule has 1 saturated heterocycles. The molecule has 8 heteroatoms. The molecular weight excluding hydrogens is 360 g/mol. The number of nitrogens with zero attached hydrogens (tertiary/aromatic N) is 3. The summed E-state index contributed by atoms with van der Waals surface area (Å²) in [6.07, 6.45) is 3.36. The van der Waals surface area contributed by atoms with Crippen LogP contribution in [-0.2, 0) is 4.79 Å². The molecular formula is C17H21ClN4O2S. The minimum Gasteiger partial charge on any atom is -0.496 e. The molecule has 1 aliphatic rings. The number of thioether (sulfide) groups is 1. The molecule has 1 aliphatic heterocycles. The maximum absolute atomic E-state index is 12.4. The highest BCUT2D eigenvalue weighted by atomic mass is 35.5. The number of ether oxygens (including phenoxy) is 1. The van der Waals surface area contributed by atoms with Crippen molar-refractivity contribution in [2.24, 2.45) is 0 Å². The van der Waals surface area contributed by atoms with E-state index in [0.717, 1.165) is 24.9 Å². The van der Waals surface area contributed by atoms with Crippen LogP contribution in [0.2, 0.25) is 5.02 Å². The Morgan fingerprint density at radius 1 is 1.48 bits per heavy atom. The third-order valence-corrected chi connectivity index (χ3v) is 5.40. The van der Waals surface area contributed by atoms with Gasteiger partial charge in [-0.2, -0.15) is 0 Å². The van der Waals surface area contributed by atoms with E-state index in [0.29, 0.717) is 33.5 Å². The average Bonchev–Trinajstić information content (AvgIpc) is 3.09. The van der Waals surface area contributed by atoms with Gasteiger partial charge in [0.05, 0.1) is 18.4 Å². The van der Waals surface area contributed by atoms with E-state index in [1.54, 1.807) is 25.3 Å². The number of hydrogen-bond donors (Lipinski definition) is 1. The highest BCUT2D eigenvalue weighted by Crippen LogP contribution is 2.31. The average molecular weight is 381 g/mol. The van der Waals surface area contributed by atoms with Gasteiger partial charge in [-0.15, -0.1) is 5.10 Å². The Hall–Kier alpha value is -1.73. The van der Waals surface area contributed by atoms with Crippen LogP contribution in [0.3, 0.4) is 0 Å². The summed E-state index contributed by atoms with van der Waals surface area (Å²) in [5.41, 5.74) is 0.741. The number of rotatable bonds is 5. The zero-order valence-corrected chi connectivity index (χ0v) is 15.9.